The maximum absolute atomic E-state index is 13.8. The van der Waals surface area contributed by atoms with E-state index < -0.39 is 0 Å². The number of hydrogen-bond donors (Lipinski definition) is 2. The number of imidazole rings is 1. The van der Waals surface area contributed by atoms with Gasteiger partial charge in [0.2, 0.25) is 0 Å². The van der Waals surface area contributed by atoms with Crippen LogP contribution in [0.25, 0.3) is 0 Å². The van der Waals surface area contributed by atoms with Crippen LogP contribution in [0.2, 0.25) is 0 Å². The van der Waals surface area contributed by atoms with Crippen LogP contribution in [-0.4, -0.2) is 9.55 Å². The van der Waals surface area contributed by atoms with Gasteiger partial charge in [0.25, 0.3) is 0 Å². The highest BCUT2D eigenvalue weighted by Gasteiger charge is 2.17. The molecule has 1 unspecified atom stereocenters. The zero-order valence-corrected chi connectivity index (χ0v) is 11.5. The van der Waals surface area contributed by atoms with Gasteiger partial charge >= 0.3 is 0 Å². The molecule has 1 aromatic heterocycles. The fourth-order valence-electron chi connectivity index (χ4n) is 1.82. The molecule has 6 heteroatoms. The second-order valence-corrected chi connectivity index (χ2v) is 4.96. The molecule has 1 atom stereocenters. The lowest BCUT2D eigenvalue weighted by atomic mass is 10.0. The SMILES string of the molecule is Cn1ccnc1CC(NN)c1cc(Br)ccc1F. The van der Waals surface area contributed by atoms with Gasteiger partial charge in [-0.25, -0.2) is 9.37 Å². The average molecular weight is 313 g/mol. The maximum Gasteiger partial charge on any atom is 0.128 e. The molecule has 0 radical (unpaired) electrons. The van der Waals surface area contributed by atoms with Crippen molar-refractivity contribution in [3.05, 3.63) is 52.3 Å². The molecular weight excluding hydrogens is 299 g/mol. The Morgan fingerprint density at radius 2 is 2.33 bits per heavy atom. The fourth-order valence-corrected chi connectivity index (χ4v) is 2.19. The number of nitrogens with one attached hydrogen (secondary N) is 1. The minimum Gasteiger partial charge on any atom is -0.338 e. The molecule has 1 heterocycles. The highest BCUT2D eigenvalue weighted by molar-refractivity contribution is 9.10. The number of benzene rings is 1. The van der Waals surface area contributed by atoms with Gasteiger partial charge in [-0.15, -0.1) is 0 Å². The third-order valence-electron chi connectivity index (χ3n) is 2.84. The molecule has 0 bridgehead atoms. The van der Waals surface area contributed by atoms with Crippen LogP contribution >= 0.6 is 15.9 Å². The lowest BCUT2D eigenvalue weighted by Crippen LogP contribution is -2.31. The summed E-state index contributed by atoms with van der Waals surface area (Å²) in [5.74, 6) is 6.08. The first-order chi connectivity index (χ1) is 8.61. The molecule has 0 saturated carbocycles. The van der Waals surface area contributed by atoms with Crippen molar-refractivity contribution in [2.24, 2.45) is 12.9 Å². The first-order valence-electron chi connectivity index (χ1n) is 5.49. The molecule has 0 amide bonds. The van der Waals surface area contributed by atoms with Crippen LogP contribution in [0.4, 0.5) is 4.39 Å². The molecule has 4 nitrogen and oxygen atoms in total. The number of halogens is 2. The second kappa shape index (κ2) is 5.60. The molecule has 96 valence electrons. The predicted octanol–water partition coefficient (Wildman–Crippen LogP) is 2.07. The summed E-state index contributed by atoms with van der Waals surface area (Å²) in [6.07, 6.45) is 4.08. The molecule has 18 heavy (non-hydrogen) atoms. The van der Waals surface area contributed by atoms with Crippen LogP contribution in [0, 0.1) is 5.82 Å². The number of aromatic nitrogens is 2. The summed E-state index contributed by atoms with van der Waals surface area (Å²) in [5.41, 5.74) is 3.16. The average Bonchev–Trinajstić information content (AvgIpc) is 2.75. The topological polar surface area (TPSA) is 55.9 Å². The Morgan fingerprint density at radius 3 is 2.94 bits per heavy atom. The van der Waals surface area contributed by atoms with E-state index in [1.165, 1.54) is 6.07 Å². The van der Waals surface area contributed by atoms with Gasteiger partial charge in [-0.2, -0.15) is 0 Å². The van der Waals surface area contributed by atoms with Crippen molar-refractivity contribution >= 4 is 15.9 Å². The first-order valence-corrected chi connectivity index (χ1v) is 6.28. The highest BCUT2D eigenvalue weighted by Crippen LogP contribution is 2.23. The zero-order valence-electron chi connectivity index (χ0n) is 9.90. The van der Waals surface area contributed by atoms with Crippen molar-refractivity contribution in [3.8, 4) is 0 Å². The van der Waals surface area contributed by atoms with E-state index in [1.807, 2.05) is 17.8 Å². The first kappa shape index (κ1) is 13.2. The van der Waals surface area contributed by atoms with Gasteiger partial charge in [-0.05, 0) is 18.2 Å². The number of aryl methyl sites for hydroxylation is 1. The molecule has 0 aliphatic rings. The summed E-state index contributed by atoms with van der Waals surface area (Å²) in [6.45, 7) is 0. The summed E-state index contributed by atoms with van der Waals surface area (Å²) in [6, 6.07) is 4.49. The fraction of sp³-hybridized carbons (Fsp3) is 0.250. The van der Waals surface area contributed by atoms with E-state index in [9.17, 15) is 4.39 Å². The zero-order chi connectivity index (χ0) is 13.1. The van der Waals surface area contributed by atoms with Crippen molar-refractivity contribution in [1.82, 2.24) is 15.0 Å². The lowest BCUT2D eigenvalue weighted by Gasteiger charge is -2.17. The molecule has 0 saturated heterocycles. The van der Waals surface area contributed by atoms with Gasteiger partial charge in [-0.1, -0.05) is 15.9 Å². The van der Waals surface area contributed by atoms with Crippen LogP contribution in [0.1, 0.15) is 17.4 Å². The Labute approximate surface area is 113 Å². The number of hydrazine groups is 1. The van der Waals surface area contributed by atoms with Gasteiger partial charge in [0.15, 0.2) is 0 Å². The Kier molecular flexibility index (Phi) is 4.11. The van der Waals surface area contributed by atoms with E-state index in [2.05, 4.69) is 26.3 Å². The summed E-state index contributed by atoms with van der Waals surface area (Å²) in [7, 11) is 1.90. The standard InChI is InChI=1S/C12H14BrFN4/c1-18-5-4-16-12(18)7-11(17-15)9-6-8(13)2-3-10(9)14/h2-6,11,17H,7,15H2,1H3. The van der Waals surface area contributed by atoms with Gasteiger partial charge in [0, 0.05) is 35.9 Å². The van der Waals surface area contributed by atoms with E-state index >= 15 is 0 Å². The van der Waals surface area contributed by atoms with Crippen LogP contribution in [0.15, 0.2) is 35.1 Å². The van der Waals surface area contributed by atoms with Crippen LogP contribution in [0.5, 0.6) is 0 Å². The molecule has 0 fully saturated rings. The van der Waals surface area contributed by atoms with Crippen molar-refractivity contribution in [2.45, 2.75) is 12.5 Å². The molecule has 0 aliphatic heterocycles. The molecule has 0 spiro atoms. The van der Waals surface area contributed by atoms with Gasteiger partial charge in [0.05, 0.1) is 6.04 Å². The number of hydrogen-bond acceptors (Lipinski definition) is 3. The van der Waals surface area contributed by atoms with Crippen LogP contribution < -0.4 is 11.3 Å². The number of rotatable bonds is 4. The normalized spacial score (nSPS) is 12.7. The van der Waals surface area contributed by atoms with Crippen LogP contribution in [0.3, 0.4) is 0 Å². The van der Waals surface area contributed by atoms with Crippen molar-refractivity contribution in [3.63, 3.8) is 0 Å². The van der Waals surface area contributed by atoms with E-state index in [-0.39, 0.29) is 11.9 Å². The quantitative estimate of drug-likeness (QED) is 0.671. The third-order valence-corrected chi connectivity index (χ3v) is 3.34. The van der Waals surface area contributed by atoms with Crippen LogP contribution in [-0.2, 0) is 13.5 Å². The molecular formula is C12H14BrFN4. The molecule has 1 aromatic carbocycles. The predicted molar refractivity (Wildman–Crippen MR) is 71.1 cm³/mol. The van der Waals surface area contributed by atoms with Gasteiger partial charge in [0.1, 0.15) is 11.6 Å². The number of nitrogens with two attached hydrogens (primary N) is 1. The molecule has 0 aliphatic carbocycles. The van der Waals surface area contributed by atoms with E-state index in [4.69, 9.17) is 5.84 Å². The molecule has 3 N–H and O–H groups in total. The number of nitrogens with zero attached hydrogens (tertiary/aromatic N) is 2. The van der Waals surface area contributed by atoms with E-state index in [1.54, 1.807) is 18.3 Å². The van der Waals surface area contributed by atoms with Crippen molar-refractivity contribution in [1.29, 1.82) is 0 Å². The molecule has 2 rings (SSSR count). The summed E-state index contributed by atoms with van der Waals surface area (Å²) < 4.78 is 16.5. The summed E-state index contributed by atoms with van der Waals surface area (Å²) in [4.78, 5) is 4.21. The minimum absolute atomic E-state index is 0.282. The smallest absolute Gasteiger partial charge is 0.128 e. The lowest BCUT2D eigenvalue weighted by molar-refractivity contribution is 0.496. The maximum atomic E-state index is 13.8. The Balaban J connectivity index is 2.28. The highest BCUT2D eigenvalue weighted by atomic mass is 79.9. The van der Waals surface area contributed by atoms with E-state index in [0.29, 0.717) is 12.0 Å². The van der Waals surface area contributed by atoms with E-state index in [0.717, 1.165) is 10.3 Å². The Morgan fingerprint density at radius 1 is 1.56 bits per heavy atom. The largest absolute Gasteiger partial charge is 0.338 e. The Hall–Kier alpha value is -1.24. The third kappa shape index (κ3) is 2.77. The van der Waals surface area contributed by atoms with Crippen molar-refractivity contribution in [2.75, 3.05) is 0 Å². The molecule has 2 aromatic rings. The monoisotopic (exact) mass is 312 g/mol. The minimum atomic E-state index is -0.316. The van der Waals surface area contributed by atoms with Gasteiger partial charge in [-0.3, -0.25) is 11.3 Å². The van der Waals surface area contributed by atoms with Crippen molar-refractivity contribution < 1.29 is 4.39 Å². The second-order valence-electron chi connectivity index (χ2n) is 4.04. The summed E-state index contributed by atoms with van der Waals surface area (Å²) in [5, 5.41) is 0. The summed E-state index contributed by atoms with van der Waals surface area (Å²) >= 11 is 3.33. The van der Waals surface area contributed by atoms with Gasteiger partial charge < -0.3 is 4.57 Å². The Bertz CT molecular complexity index is 541.